The highest BCUT2D eigenvalue weighted by Crippen LogP contribution is 2.10. The van der Waals surface area contributed by atoms with Crippen LogP contribution in [-0.4, -0.2) is 21.0 Å². The van der Waals surface area contributed by atoms with E-state index < -0.39 is 5.97 Å². The van der Waals surface area contributed by atoms with Crippen LogP contribution in [0.2, 0.25) is 0 Å². The number of hydrogen-bond donors (Lipinski definition) is 1. The molecule has 0 atom stereocenters. The van der Waals surface area contributed by atoms with Crippen molar-refractivity contribution in [2.45, 2.75) is 0 Å². The lowest BCUT2D eigenvalue weighted by atomic mass is 10.2. The Hall–Kier alpha value is -2.49. The first-order valence-corrected chi connectivity index (χ1v) is 4.92. The molecule has 0 aliphatic heterocycles. The molecule has 0 aromatic carbocycles. The second-order valence-corrected chi connectivity index (χ2v) is 2.97. The third-order valence-corrected chi connectivity index (χ3v) is 1.77. The molecule has 0 aliphatic carbocycles. The molecule has 4 nitrogen and oxygen atoms in total. The van der Waals surface area contributed by atoms with Gasteiger partial charge in [0.15, 0.2) is 0 Å². The van der Waals surface area contributed by atoms with Gasteiger partial charge < -0.3 is 5.11 Å². The zero-order chi connectivity index (χ0) is 12.5. The third-order valence-electron chi connectivity index (χ3n) is 1.77. The molecular weight excluding hydrogens is 216 g/mol. The van der Waals surface area contributed by atoms with Gasteiger partial charge in [0.25, 0.3) is 0 Å². The number of aromatic nitrogens is 2. The summed E-state index contributed by atoms with van der Waals surface area (Å²) in [5, 5.41) is 7.60. The lowest BCUT2D eigenvalue weighted by Crippen LogP contribution is -1.83. The van der Waals surface area contributed by atoms with Gasteiger partial charge in [-0.25, -0.2) is 4.79 Å². The predicted molar refractivity (Wildman–Crippen MR) is 65.3 cm³/mol. The van der Waals surface area contributed by atoms with E-state index in [0.29, 0.717) is 0 Å². The van der Waals surface area contributed by atoms with E-state index in [1.54, 1.807) is 12.4 Å². The first-order valence-electron chi connectivity index (χ1n) is 4.92. The number of carboxylic acids is 1. The van der Waals surface area contributed by atoms with Gasteiger partial charge in [0, 0.05) is 18.5 Å². The van der Waals surface area contributed by atoms with Gasteiger partial charge in [0.05, 0.1) is 11.4 Å². The summed E-state index contributed by atoms with van der Waals surface area (Å²) in [5.41, 5.74) is 1.83. The van der Waals surface area contributed by atoms with Crippen LogP contribution in [0.3, 0.4) is 0 Å². The van der Waals surface area contributed by atoms with E-state index >= 15 is 0 Å². The molecular formula is C13H12N2O2. The van der Waals surface area contributed by atoms with Crippen molar-refractivity contribution in [3.05, 3.63) is 61.4 Å². The normalized spacial score (nSPS) is 8.71. The van der Waals surface area contributed by atoms with Crippen LogP contribution in [0.4, 0.5) is 0 Å². The molecule has 0 unspecified atom stereocenters. The van der Waals surface area contributed by atoms with Gasteiger partial charge in [0.1, 0.15) is 0 Å². The Balaban J connectivity index is 0.000000249. The molecule has 2 heterocycles. The SMILES string of the molecule is C=CC(=O)O.c1ccc(-c2ccccn2)nc1. The van der Waals surface area contributed by atoms with Gasteiger partial charge in [-0.1, -0.05) is 18.7 Å². The first-order chi connectivity index (χ1) is 8.24. The van der Waals surface area contributed by atoms with E-state index in [9.17, 15) is 4.79 Å². The second-order valence-electron chi connectivity index (χ2n) is 2.97. The molecule has 1 N–H and O–H groups in total. The molecule has 2 rings (SSSR count). The molecule has 0 amide bonds. The molecule has 0 saturated heterocycles. The van der Waals surface area contributed by atoms with E-state index in [1.165, 1.54) is 0 Å². The van der Waals surface area contributed by atoms with E-state index in [-0.39, 0.29) is 0 Å². The third kappa shape index (κ3) is 4.70. The second kappa shape index (κ2) is 6.90. The predicted octanol–water partition coefficient (Wildman–Crippen LogP) is 2.40. The van der Waals surface area contributed by atoms with Gasteiger partial charge >= 0.3 is 5.97 Å². The van der Waals surface area contributed by atoms with Crippen LogP contribution in [0.15, 0.2) is 61.4 Å². The molecule has 2 aromatic rings. The van der Waals surface area contributed by atoms with Crippen LogP contribution in [0.5, 0.6) is 0 Å². The van der Waals surface area contributed by atoms with Crippen molar-refractivity contribution in [1.29, 1.82) is 0 Å². The summed E-state index contributed by atoms with van der Waals surface area (Å²) >= 11 is 0. The fourth-order valence-electron chi connectivity index (χ4n) is 1.03. The van der Waals surface area contributed by atoms with Crippen LogP contribution in [0.25, 0.3) is 11.4 Å². The molecule has 0 bridgehead atoms. The summed E-state index contributed by atoms with van der Waals surface area (Å²) in [6.07, 6.45) is 4.37. The summed E-state index contributed by atoms with van der Waals surface area (Å²) in [7, 11) is 0. The van der Waals surface area contributed by atoms with Gasteiger partial charge in [-0.3, -0.25) is 9.97 Å². The zero-order valence-electron chi connectivity index (χ0n) is 9.15. The van der Waals surface area contributed by atoms with Gasteiger partial charge in [-0.2, -0.15) is 0 Å². The number of carboxylic acid groups (broad SMARTS) is 1. The molecule has 0 saturated carbocycles. The Labute approximate surface area is 99.3 Å². The van der Waals surface area contributed by atoms with Crippen molar-refractivity contribution >= 4 is 5.97 Å². The highest BCUT2D eigenvalue weighted by molar-refractivity contribution is 5.78. The molecule has 0 radical (unpaired) electrons. The molecule has 0 aliphatic rings. The van der Waals surface area contributed by atoms with Crippen LogP contribution >= 0.6 is 0 Å². The first kappa shape index (κ1) is 12.6. The minimum absolute atomic E-state index is 0.833. The van der Waals surface area contributed by atoms with Crippen molar-refractivity contribution < 1.29 is 9.90 Å². The Morgan fingerprint density at radius 1 is 1.06 bits per heavy atom. The van der Waals surface area contributed by atoms with E-state index in [4.69, 9.17) is 5.11 Å². The summed E-state index contributed by atoms with van der Waals surface area (Å²) < 4.78 is 0. The molecule has 4 heteroatoms. The minimum Gasteiger partial charge on any atom is -0.478 e. The fourth-order valence-corrected chi connectivity index (χ4v) is 1.03. The summed E-state index contributed by atoms with van der Waals surface area (Å²) in [4.78, 5) is 17.6. The number of pyridine rings is 2. The fraction of sp³-hybridized carbons (Fsp3) is 0. The number of hydrogen-bond acceptors (Lipinski definition) is 3. The average molecular weight is 228 g/mol. The smallest absolute Gasteiger partial charge is 0.327 e. The summed E-state index contributed by atoms with van der Waals surface area (Å²) in [6, 6.07) is 11.6. The van der Waals surface area contributed by atoms with Crippen molar-refractivity contribution in [3.8, 4) is 11.4 Å². The zero-order valence-corrected chi connectivity index (χ0v) is 9.15. The van der Waals surface area contributed by atoms with Gasteiger partial charge in [-0.05, 0) is 24.3 Å². The Morgan fingerprint density at radius 2 is 1.47 bits per heavy atom. The summed E-state index contributed by atoms with van der Waals surface area (Å²) in [5.74, 6) is -0.981. The van der Waals surface area contributed by atoms with E-state index in [1.807, 2.05) is 36.4 Å². The van der Waals surface area contributed by atoms with Gasteiger partial charge in [0.2, 0.25) is 0 Å². The largest absolute Gasteiger partial charge is 0.478 e. The van der Waals surface area contributed by atoms with E-state index in [0.717, 1.165) is 17.5 Å². The van der Waals surface area contributed by atoms with Crippen LogP contribution in [-0.2, 0) is 4.79 Å². The Morgan fingerprint density at radius 3 is 1.71 bits per heavy atom. The van der Waals surface area contributed by atoms with Crippen molar-refractivity contribution in [3.63, 3.8) is 0 Å². The molecule has 2 aromatic heterocycles. The number of rotatable bonds is 2. The Bertz CT molecular complexity index is 432. The topological polar surface area (TPSA) is 63.1 Å². The maximum atomic E-state index is 9.25. The highest BCUT2D eigenvalue weighted by Gasteiger charge is 1.95. The lowest BCUT2D eigenvalue weighted by Gasteiger charge is -1.96. The van der Waals surface area contributed by atoms with Crippen LogP contribution in [0, 0.1) is 0 Å². The molecule has 0 fully saturated rings. The van der Waals surface area contributed by atoms with Crippen molar-refractivity contribution in [2.75, 3.05) is 0 Å². The Kier molecular flexibility index (Phi) is 5.10. The monoisotopic (exact) mass is 228 g/mol. The standard InChI is InChI=1S/C10H8N2.C3H4O2/c1-3-7-11-9(5-1)10-6-2-4-8-12-10;1-2-3(4)5/h1-8H;2H,1H2,(H,4,5). The maximum Gasteiger partial charge on any atom is 0.327 e. The lowest BCUT2D eigenvalue weighted by molar-refractivity contribution is -0.131. The van der Waals surface area contributed by atoms with Crippen molar-refractivity contribution in [1.82, 2.24) is 9.97 Å². The van der Waals surface area contributed by atoms with Crippen molar-refractivity contribution in [2.24, 2.45) is 0 Å². The molecule has 0 spiro atoms. The highest BCUT2D eigenvalue weighted by atomic mass is 16.4. The number of carbonyl (C=O) groups is 1. The molecule has 86 valence electrons. The molecule has 17 heavy (non-hydrogen) atoms. The summed E-state index contributed by atoms with van der Waals surface area (Å²) in [6.45, 7) is 2.96. The average Bonchev–Trinajstić information content (AvgIpc) is 2.41. The van der Waals surface area contributed by atoms with Gasteiger partial charge in [-0.15, -0.1) is 0 Å². The van der Waals surface area contributed by atoms with E-state index in [2.05, 4.69) is 16.5 Å². The maximum absolute atomic E-state index is 9.25. The number of nitrogens with zero attached hydrogens (tertiary/aromatic N) is 2. The minimum atomic E-state index is -0.981. The number of aliphatic carboxylic acids is 1. The quantitative estimate of drug-likeness (QED) is 0.802. The van der Waals surface area contributed by atoms with Crippen LogP contribution in [0.1, 0.15) is 0 Å². The van der Waals surface area contributed by atoms with Crippen LogP contribution < -0.4 is 0 Å².